The molecule has 3 saturated heterocycles. The number of rotatable bonds is 3. The number of nitrogens with one attached hydrogen (secondary N) is 1. The van der Waals surface area contributed by atoms with E-state index in [1.165, 1.54) is 0 Å². The first-order valence-corrected chi connectivity index (χ1v) is 7.68. The van der Waals surface area contributed by atoms with Gasteiger partial charge in [-0.15, -0.1) is 0 Å². The number of carbonyl (C=O) groups excluding carboxylic acids is 1. The standard InChI is InChI=1S/C14H25N3O2/c18-14-16(11-12-3-9-19-10-4-12)7-8-17(14)13-1-5-15-6-2-13/h12-13,15H,1-11H2. The molecule has 1 N–H and O–H groups in total. The highest BCUT2D eigenvalue weighted by Gasteiger charge is 2.35. The van der Waals surface area contributed by atoms with Gasteiger partial charge in [-0.05, 0) is 44.7 Å². The first kappa shape index (κ1) is 13.2. The van der Waals surface area contributed by atoms with Crippen LogP contribution in [0.5, 0.6) is 0 Å². The molecule has 3 aliphatic heterocycles. The number of amides is 2. The Kier molecular flexibility index (Phi) is 4.23. The van der Waals surface area contributed by atoms with Crippen LogP contribution in [0.1, 0.15) is 25.7 Å². The van der Waals surface area contributed by atoms with Crippen molar-refractivity contribution in [3.8, 4) is 0 Å². The minimum absolute atomic E-state index is 0.276. The summed E-state index contributed by atoms with van der Waals surface area (Å²) in [6, 6.07) is 0.742. The van der Waals surface area contributed by atoms with Crippen LogP contribution in [0, 0.1) is 5.92 Å². The molecule has 3 fully saturated rings. The predicted molar refractivity (Wildman–Crippen MR) is 73.1 cm³/mol. The average molecular weight is 267 g/mol. The van der Waals surface area contributed by atoms with E-state index in [2.05, 4.69) is 15.1 Å². The third kappa shape index (κ3) is 3.03. The molecule has 3 rings (SSSR count). The minimum atomic E-state index is 0.276. The van der Waals surface area contributed by atoms with Crippen LogP contribution in [-0.4, -0.2) is 67.8 Å². The molecule has 0 radical (unpaired) electrons. The van der Waals surface area contributed by atoms with Crippen molar-refractivity contribution in [1.29, 1.82) is 0 Å². The second kappa shape index (κ2) is 6.09. The maximum atomic E-state index is 12.5. The Bertz CT molecular complexity index is 312. The van der Waals surface area contributed by atoms with Gasteiger partial charge in [0.1, 0.15) is 0 Å². The van der Waals surface area contributed by atoms with Crippen LogP contribution in [0.2, 0.25) is 0 Å². The Labute approximate surface area is 115 Å². The summed E-state index contributed by atoms with van der Waals surface area (Å²) in [4.78, 5) is 16.7. The zero-order valence-corrected chi connectivity index (χ0v) is 11.6. The van der Waals surface area contributed by atoms with E-state index in [0.717, 1.165) is 71.6 Å². The molecule has 0 aromatic carbocycles. The molecule has 3 aliphatic rings. The van der Waals surface area contributed by atoms with Gasteiger partial charge in [-0.25, -0.2) is 4.79 Å². The quantitative estimate of drug-likeness (QED) is 0.826. The first-order chi connectivity index (χ1) is 9.34. The third-order valence-corrected chi connectivity index (χ3v) is 4.70. The van der Waals surface area contributed by atoms with Gasteiger partial charge < -0.3 is 19.9 Å². The second-order valence-corrected chi connectivity index (χ2v) is 5.96. The highest BCUT2D eigenvalue weighted by molar-refractivity contribution is 5.76. The van der Waals surface area contributed by atoms with Crippen molar-refractivity contribution in [3.63, 3.8) is 0 Å². The molecule has 5 heteroatoms. The van der Waals surface area contributed by atoms with E-state index in [-0.39, 0.29) is 6.03 Å². The van der Waals surface area contributed by atoms with Crippen molar-refractivity contribution in [2.24, 2.45) is 5.92 Å². The lowest BCUT2D eigenvalue weighted by Gasteiger charge is -2.32. The molecule has 108 valence electrons. The monoisotopic (exact) mass is 267 g/mol. The summed E-state index contributed by atoms with van der Waals surface area (Å²) in [6.45, 7) is 6.61. The fourth-order valence-corrected chi connectivity index (χ4v) is 3.47. The Morgan fingerprint density at radius 1 is 1.11 bits per heavy atom. The molecule has 0 saturated carbocycles. The Morgan fingerprint density at radius 3 is 2.58 bits per heavy atom. The lowest BCUT2D eigenvalue weighted by molar-refractivity contribution is 0.0577. The number of urea groups is 1. The van der Waals surface area contributed by atoms with E-state index in [9.17, 15) is 4.79 Å². The average Bonchev–Trinajstić information content (AvgIpc) is 2.82. The maximum Gasteiger partial charge on any atom is 0.320 e. The number of piperidine rings is 1. The highest BCUT2D eigenvalue weighted by atomic mass is 16.5. The normalized spacial score (nSPS) is 27.3. The molecule has 0 bridgehead atoms. The van der Waals surface area contributed by atoms with Gasteiger partial charge in [-0.3, -0.25) is 0 Å². The number of hydrogen-bond acceptors (Lipinski definition) is 3. The summed E-state index contributed by atoms with van der Waals surface area (Å²) in [7, 11) is 0. The highest BCUT2D eigenvalue weighted by Crippen LogP contribution is 2.22. The molecule has 0 aromatic heterocycles. The van der Waals surface area contributed by atoms with Gasteiger partial charge in [-0.2, -0.15) is 0 Å². The number of nitrogens with zero attached hydrogens (tertiary/aromatic N) is 2. The Balaban J connectivity index is 1.52. The van der Waals surface area contributed by atoms with Crippen LogP contribution < -0.4 is 5.32 Å². The van der Waals surface area contributed by atoms with Gasteiger partial charge in [0, 0.05) is 38.9 Å². The molecule has 0 aliphatic carbocycles. The summed E-state index contributed by atoms with van der Waals surface area (Å²) < 4.78 is 5.39. The molecule has 0 atom stereocenters. The van der Waals surface area contributed by atoms with Crippen LogP contribution in [0.3, 0.4) is 0 Å². The summed E-state index contributed by atoms with van der Waals surface area (Å²) in [5.74, 6) is 0.644. The van der Waals surface area contributed by atoms with Gasteiger partial charge >= 0.3 is 6.03 Å². The number of hydrogen-bond donors (Lipinski definition) is 1. The van der Waals surface area contributed by atoms with Gasteiger partial charge in [0.15, 0.2) is 0 Å². The van der Waals surface area contributed by atoms with E-state index in [4.69, 9.17) is 4.74 Å². The van der Waals surface area contributed by atoms with Gasteiger partial charge in [0.25, 0.3) is 0 Å². The van der Waals surface area contributed by atoms with E-state index < -0.39 is 0 Å². The van der Waals surface area contributed by atoms with Crippen LogP contribution in [0.25, 0.3) is 0 Å². The van der Waals surface area contributed by atoms with Crippen molar-refractivity contribution in [1.82, 2.24) is 15.1 Å². The van der Waals surface area contributed by atoms with E-state index in [1.54, 1.807) is 0 Å². The summed E-state index contributed by atoms with van der Waals surface area (Å²) in [5.41, 5.74) is 0. The van der Waals surface area contributed by atoms with Crippen LogP contribution in [-0.2, 0) is 4.74 Å². The Hall–Kier alpha value is -0.810. The molecule has 19 heavy (non-hydrogen) atoms. The number of carbonyl (C=O) groups is 1. The van der Waals surface area contributed by atoms with Gasteiger partial charge in [-0.1, -0.05) is 0 Å². The predicted octanol–water partition coefficient (Wildman–Crippen LogP) is 0.903. The zero-order chi connectivity index (χ0) is 13.1. The van der Waals surface area contributed by atoms with Crippen LogP contribution >= 0.6 is 0 Å². The molecule has 0 unspecified atom stereocenters. The van der Waals surface area contributed by atoms with Crippen molar-refractivity contribution in [3.05, 3.63) is 0 Å². The first-order valence-electron chi connectivity index (χ1n) is 7.68. The van der Waals surface area contributed by atoms with Crippen molar-refractivity contribution in [2.45, 2.75) is 31.7 Å². The van der Waals surface area contributed by atoms with E-state index in [0.29, 0.717) is 12.0 Å². The summed E-state index contributed by atoms with van der Waals surface area (Å²) in [6.07, 6.45) is 4.43. The zero-order valence-electron chi connectivity index (χ0n) is 11.6. The molecule has 0 aromatic rings. The summed E-state index contributed by atoms with van der Waals surface area (Å²) >= 11 is 0. The SMILES string of the molecule is O=C1N(CC2CCOCC2)CCN1C1CCNCC1. The summed E-state index contributed by atoms with van der Waals surface area (Å²) in [5, 5.41) is 3.36. The van der Waals surface area contributed by atoms with Crippen LogP contribution in [0.15, 0.2) is 0 Å². The molecule has 0 spiro atoms. The molecule has 5 nitrogen and oxygen atoms in total. The minimum Gasteiger partial charge on any atom is -0.381 e. The molecular formula is C14H25N3O2. The smallest absolute Gasteiger partial charge is 0.320 e. The van der Waals surface area contributed by atoms with Crippen LogP contribution in [0.4, 0.5) is 4.79 Å². The maximum absolute atomic E-state index is 12.5. The fraction of sp³-hybridized carbons (Fsp3) is 0.929. The van der Waals surface area contributed by atoms with Gasteiger partial charge in [0.05, 0.1) is 0 Å². The topological polar surface area (TPSA) is 44.8 Å². The molecule has 3 heterocycles. The molecule has 2 amide bonds. The Morgan fingerprint density at radius 2 is 1.84 bits per heavy atom. The van der Waals surface area contributed by atoms with Crippen molar-refractivity contribution >= 4 is 6.03 Å². The fourth-order valence-electron chi connectivity index (χ4n) is 3.47. The largest absolute Gasteiger partial charge is 0.381 e. The van der Waals surface area contributed by atoms with E-state index in [1.807, 2.05) is 0 Å². The third-order valence-electron chi connectivity index (χ3n) is 4.70. The molecular weight excluding hydrogens is 242 g/mol. The lowest BCUT2D eigenvalue weighted by atomic mass is 10.00. The second-order valence-electron chi connectivity index (χ2n) is 5.96. The van der Waals surface area contributed by atoms with E-state index >= 15 is 0 Å². The number of ether oxygens (including phenoxy) is 1. The van der Waals surface area contributed by atoms with Crippen molar-refractivity contribution in [2.75, 3.05) is 45.9 Å². The lowest BCUT2D eigenvalue weighted by Crippen LogP contribution is -2.45. The van der Waals surface area contributed by atoms with Crippen molar-refractivity contribution < 1.29 is 9.53 Å². The van der Waals surface area contributed by atoms with Gasteiger partial charge in [0.2, 0.25) is 0 Å².